The molecule has 4 aromatic rings. The second-order valence-corrected chi connectivity index (χ2v) is 7.24. The molecule has 0 fully saturated rings. The van der Waals surface area contributed by atoms with Gasteiger partial charge in [0.1, 0.15) is 4.90 Å². The van der Waals surface area contributed by atoms with Gasteiger partial charge in [-0.05, 0) is 41.5 Å². The van der Waals surface area contributed by atoms with Crippen molar-refractivity contribution in [3.05, 3.63) is 67.4 Å². The van der Waals surface area contributed by atoms with Crippen LogP contribution in [0.4, 0.5) is 0 Å². The fourth-order valence-corrected chi connectivity index (χ4v) is 3.26. The predicted molar refractivity (Wildman–Crippen MR) is 97.4 cm³/mol. The lowest BCUT2D eigenvalue weighted by atomic mass is 9.99. The van der Waals surface area contributed by atoms with E-state index in [-0.39, 0.29) is 4.90 Å². The maximum Gasteiger partial charge on any atom is 0.239 e. The van der Waals surface area contributed by atoms with Gasteiger partial charge in [0.15, 0.2) is 0 Å². The quantitative estimate of drug-likeness (QED) is 0.598. The minimum absolute atomic E-state index is 0.0279. The fourth-order valence-electron chi connectivity index (χ4n) is 2.76. The Balaban J connectivity index is 1.91. The highest BCUT2D eigenvalue weighted by molar-refractivity contribution is 7.89. The number of hydrogen-bond donors (Lipinski definition) is 1. The zero-order chi connectivity index (χ0) is 18.1. The summed E-state index contributed by atoms with van der Waals surface area (Å²) in [6.07, 6.45) is 7.88. The van der Waals surface area contributed by atoms with Gasteiger partial charge in [0.25, 0.3) is 0 Å². The van der Waals surface area contributed by atoms with Crippen LogP contribution in [0.25, 0.3) is 33.2 Å². The number of sulfonamides is 1. The van der Waals surface area contributed by atoms with Crippen molar-refractivity contribution < 1.29 is 8.42 Å². The van der Waals surface area contributed by atoms with Crippen molar-refractivity contribution in [2.24, 2.45) is 5.14 Å². The molecular formula is C18H13N5O2S. The molecular weight excluding hydrogens is 350 g/mol. The summed E-state index contributed by atoms with van der Waals surface area (Å²) in [5, 5.41) is 13.9. The van der Waals surface area contributed by atoms with Crippen molar-refractivity contribution >= 4 is 20.9 Å². The number of pyridine rings is 2. The second-order valence-electron chi connectivity index (χ2n) is 5.68. The standard InChI is InChI=1S/C18H13N5O2S/c19-26(24,25)15-7-14(9-20-11-15)12-1-2-18-17(8-12)16(4-5-21-18)13-3-6-22-23-10-13/h1-11H,(H2,19,24,25). The number of hydrogen-bond acceptors (Lipinski definition) is 6. The van der Waals surface area contributed by atoms with Crippen molar-refractivity contribution in [1.29, 1.82) is 0 Å². The Hall–Kier alpha value is -3.23. The first-order chi connectivity index (χ1) is 12.5. The summed E-state index contributed by atoms with van der Waals surface area (Å²) >= 11 is 0. The number of primary sulfonamides is 1. The van der Waals surface area contributed by atoms with E-state index in [4.69, 9.17) is 5.14 Å². The van der Waals surface area contributed by atoms with E-state index in [1.54, 1.807) is 24.8 Å². The molecule has 0 atom stereocenters. The summed E-state index contributed by atoms with van der Waals surface area (Å²) in [7, 11) is -3.82. The molecule has 0 aliphatic carbocycles. The van der Waals surface area contributed by atoms with E-state index in [9.17, 15) is 8.42 Å². The van der Waals surface area contributed by atoms with Crippen molar-refractivity contribution in [2.75, 3.05) is 0 Å². The molecule has 26 heavy (non-hydrogen) atoms. The minimum Gasteiger partial charge on any atom is -0.263 e. The molecule has 0 bridgehead atoms. The number of benzene rings is 1. The third kappa shape index (κ3) is 3.03. The lowest BCUT2D eigenvalue weighted by Crippen LogP contribution is -2.12. The molecule has 0 aliphatic rings. The molecule has 4 rings (SSSR count). The zero-order valence-electron chi connectivity index (χ0n) is 13.4. The molecule has 0 unspecified atom stereocenters. The van der Waals surface area contributed by atoms with E-state index in [0.717, 1.165) is 27.6 Å². The molecule has 0 aliphatic heterocycles. The van der Waals surface area contributed by atoms with Gasteiger partial charge in [-0.3, -0.25) is 9.97 Å². The smallest absolute Gasteiger partial charge is 0.239 e. The Morgan fingerprint density at radius 2 is 1.69 bits per heavy atom. The molecule has 1 aromatic carbocycles. The summed E-state index contributed by atoms with van der Waals surface area (Å²) < 4.78 is 23.2. The van der Waals surface area contributed by atoms with Gasteiger partial charge in [-0.1, -0.05) is 6.07 Å². The summed E-state index contributed by atoms with van der Waals surface area (Å²) in [4.78, 5) is 8.36. The lowest BCUT2D eigenvalue weighted by molar-refractivity contribution is 0.597. The van der Waals surface area contributed by atoms with E-state index >= 15 is 0 Å². The van der Waals surface area contributed by atoms with Crippen LogP contribution in [0.15, 0.2) is 72.3 Å². The SMILES string of the molecule is NS(=O)(=O)c1cncc(-c2ccc3nccc(-c4ccnnc4)c3c2)c1. The number of nitrogens with two attached hydrogens (primary N) is 1. The van der Waals surface area contributed by atoms with Gasteiger partial charge >= 0.3 is 0 Å². The summed E-state index contributed by atoms with van der Waals surface area (Å²) in [6.45, 7) is 0. The van der Waals surface area contributed by atoms with Gasteiger partial charge in [-0.2, -0.15) is 10.2 Å². The Morgan fingerprint density at radius 1 is 0.808 bits per heavy atom. The largest absolute Gasteiger partial charge is 0.263 e. The average Bonchev–Trinajstić information content (AvgIpc) is 2.67. The molecule has 3 aromatic heterocycles. The van der Waals surface area contributed by atoms with E-state index in [0.29, 0.717) is 5.56 Å². The third-order valence-electron chi connectivity index (χ3n) is 4.01. The highest BCUT2D eigenvalue weighted by atomic mass is 32.2. The van der Waals surface area contributed by atoms with Gasteiger partial charge in [-0.15, -0.1) is 0 Å². The van der Waals surface area contributed by atoms with Crippen LogP contribution in [-0.2, 0) is 10.0 Å². The van der Waals surface area contributed by atoms with E-state index in [1.807, 2.05) is 30.3 Å². The molecule has 0 saturated heterocycles. The maximum atomic E-state index is 11.6. The molecule has 0 saturated carbocycles. The molecule has 3 heterocycles. The third-order valence-corrected chi connectivity index (χ3v) is 4.89. The second kappa shape index (κ2) is 6.25. The van der Waals surface area contributed by atoms with Crippen LogP contribution in [0.3, 0.4) is 0 Å². The molecule has 2 N–H and O–H groups in total. The molecule has 8 heteroatoms. The van der Waals surface area contributed by atoms with Crippen LogP contribution in [0, 0.1) is 0 Å². The molecule has 0 radical (unpaired) electrons. The number of nitrogens with zero attached hydrogens (tertiary/aromatic N) is 4. The maximum absolute atomic E-state index is 11.6. The van der Waals surface area contributed by atoms with Gasteiger partial charge in [0.05, 0.1) is 17.9 Å². The van der Waals surface area contributed by atoms with Crippen molar-refractivity contribution in [3.8, 4) is 22.3 Å². The molecule has 0 spiro atoms. The summed E-state index contributed by atoms with van der Waals surface area (Å²) in [6, 6.07) is 11.0. The monoisotopic (exact) mass is 363 g/mol. The number of fused-ring (bicyclic) bond motifs is 1. The van der Waals surface area contributed by atoms with Gasteiger partial charge in [-0.25, -0.2) is 13.6 Å². The Morgan fingerprint density at radius 3 is 2.46 bits per heavy atom. The predicted octanol–water partition coefficient (Wildman–Crippen LogP) is 2.40. The normalized spacial score (nSPS) is 11.6. The van der Waals surface area contributed by atoms with Crippen LogP contribution in [0.1, 0.15) is 0 Å². The molecule has 0 amide bonds. The van der Waals surface area contributed by atoms with Crippen LogP contribution >= 0.6 is 0 Å². The first-order valence-corrected chi connectivity index (χ1v) is 9.21. The fraction of sp³-hybridized carbons (Fsp3) is 0. The van der Waals surface area contributed by atoms with Gasteiger partial charge in [0.2, 0.25) is 10.0 Å². The van der Waals surface area contributed by atoms with Crippen molar-refractivity contribution in [3.63, 3.8) is 0 Å². The summed E-state index contributed by atoms with van der Waals surface area (Å²) in [5.74, 6) is 0. The van der Waals surface area contributed by atoms with E-state index < -0.39 is 10.0 Å². The van der Waals surface area contributed by atoms with Crippen molar-refractivity contribution in [1.82, 2.24) is 20.2 Å². The Bertz CT molecular complexity index is 1210. The summed E-state index contributed by atoms with van der Waals surface area (Å²) in [5.41, 5.74) is 4.16. The first-order valence-electron chi connectivity index (χ1n) is 7.66. The molecule has 7 nitrogen and oxygen atoms in total. The van der Waals surface area contributed by atoms with Crippen molar-refractivity contribution in [2.45, 2.75) is 4.90 Å². The van der Waals surface area contributed by atoms with Crippen LogP contribution < -0.4 is 5.14 Å². The highest BCUT2D eigenvalue weighted by Gasteiger charge is 2.11. The van der Waals surface area contributed by atoms with Gasteiger partial charge in [0, 0.05) is 35.1 Å². The lowest BCUT2D eigenvalue weighted by Gasteiger charge is -2.09. The minimum atomic E-state index is -3.82. The van der Waals surface area contributed by atoms with E-state index in [1.165, 1.54) is 12.3 Å². The van der Waals surface area contributed by atoms with Crippen LogP contribution in [-0.4, -0.2) is 28.6 Å². The molecule has 128 valence electrons. The topological polar surface area (TPSA) is 112 Å². The van der Waals surface area contributed by atoms with E-state index in [2.05, 4.69) is 20.2 Å². The van der Waals surface area contributed by atoms with Crippen LogP contribution in [0.5, 0.6) is 0 Å². The Kier molecular flexibility index (Phi) is 3.90. The Labute approximate surface area is 149 Å². The zero-order valence-corrected chi connectivity index (χ0v) is 14.3. The number of aromatic nitrogens is 4. The van der Waals surface area contributed by atoms with Crippen LogP contribution in [0.2, 0.25) is 0 Å². The van der Waals surface area contributed by atoms with Gasteiger partial charge < -0.3 is 0 Å². The first kappa shape index (κ1) is 16.2. The number of rotatable bonds is 3. The average molecular weight is 363 g/mol. The highest BCUT2D eigenvalue weighted by Crippen LogP contribution is 2.31.